The van der Waals surface area contributed by atoms with Gasteiger partial charge >= 0.3 is 5.97 Å². The molecule has 2 aromatic heterocycles. The zero-order chi connectivity index (χ0) is 28.8. The molecule has 0 N–H and O–H groups in total. The summed E-state index contributed by atoms with van der Waals surface area (Å²) in [6.07, 6.45) is 3.26. The number of unbranched alkanes of at least 4 members (excludes halogenated alkanes) is 1. The van der Waals surface area contributed by atoms with Crippen molar-refractivity contribution >= 4 is 55.6 Å². The minimum Gasteiger partial charge on any atom is -0.494 e. The van der Waals surface area contributed by atoms with Crippen LogP contribution in [-0.4, -0.2) is 59.6 Å². The van der Waals surface area contributed by atoms with Crippen molar-refractivity contribution in [3.63, 3.8) is 0 Å². The summed E-state index contributed by atoms with van der Waals surface area (Å²) >= 11 is 8.13. The Kier molecular flexibility index (Phi) is 9.53. The number of thiophene rings is 1. The van der Waals surface area contributed by atoms with Crippen LogP contribution in [0.4, 0.5) is 5.69 Å². The van der Waals surface area contributed by atoms with Crippen LogP contribution in [0.5, 0.6) is 5.75 Å². The van der Waals surface area contributed by atoms with E-state index in [4.69, 9.17) is 21.1 Å². The zero-order valence-corrected chi connectivity index (χ0v) is 25.4. The van der Waals surface area contributed by atoms with Crippen molar-refractivity contribution in [1.82, 2.24) is 9.47 Å². The average molecular weight is 596 g/mol. The summed E-state index contributed by atoms with van der Waals surface area (Å²) in [5.74, 6) is 0.158. The predicted octanol–water partition coefficient (Wildman–Crippen LogP) is 6.50. The molecule has 1 fully saturated rings. The van der Waals surface area contributed by atoms with Crippen LogP contribution in [0.15, 0.2) is 64.8 Å². The lowest BCUT2D eigenvalue weighted by Crippen LogP contribution is -2.46. The lowest BCUT2D eigenvalue weighted by atomic mass is 10.1. The third kappa shape index (κ3) is 7.05. The molecule has 41 heavy (non-hydrogen) atoms. The summed E-state index contributed by atoms with van der Waals surface area (Å²) in [5.41, 5.74) is 1.76. The number of aromatic nitrogens is 1. The molecule has 0 radical (unpaired) electrons. The summed E-state index contributed by atoms with van der Waals surface area (Å²) in [5, 5.41) is 4.40. The molecule has 3 heterocycles. The first-order chi connectivity index (χ1) is 19.9. The Balaban J connectivity index is 1.09. The highest BCUT2D eigenvalue weighted by atomic mass is 35.5. The zero-order valence-electron chi connectivity index (χ0n) is 23.8. The molecule has 5 rings (SSSR count). The third-order valence-electron chi connectivity index (χ3n) is 7.76. The fourth-order valence-electron chi connectivity index (χ4n) is 5.43. The maximum atomic E-state index is 12.6. The number of ether oxygens (including phenoxy) is 2. The number of carbonyl (C=O) groups excluding carboxylic acids is 1. The van der Waals surface area contributed by atoms with Gasteiger partial charge in [0.25, 0.3) is 5.56 Å². The van der Waals surface area contributed by atoms with Gasteiger partial charge in [-0.1, -0.05) is 19.4 Å². The van der Waals surface area contributed by atoms with Gasteiger partial charge in [-0.25, -0.2) is 0 Å². The number of esters is 1. The van der Waals surface area contributed by atoms with E-state index in [1.54, 1.807) is 24.3 Å². The molecule has 0 saturated carbocycles. The normalized spacial score (nSPS) is 15.7. The first-order valence-corrected chi connectivity index (χ1v) is 15.7. The molecule has 218 valence electrons. The van der Waals surface area contributed by atoms with Crippen LogP contribution in [0.1, 0.15) is 39.5 Å². The number of piperazine rings is 1. The van der Waals surface area contributed by atoms with E-state index in [1.807, 2.05) is 25.1 Å². The van der Waals surface area contributed by atoms with Gasteiger partial charge in [0.2, 0.25) is 0 Å². The van der Waals surface area contributed by atoms with E-state index in [0.29, 0.717) is 24.3 Å². The molecular weight excluding hydrogens is 558 g/mol. The Morgan fingerprint density at radius 2 is 1.85 bits per heavy atom. The van der Waals surface area contributed by atoms with Gasteiger partial charge < -0.3 is 14.4 Å². The van der Waals surface area contributed by atoms with Crippen molar-refractivity contribution in [1.29, 1.82) is 0 Å². The van der Waals surface area contributed by atoms with Crippen molar-refractivity contribution in [2.24, 2.45) is 0 Å². The van der Waals surface area contributed by atoms with Crippen molar-refractivity contribution in [2.75, 3.05) is 44.2 Å². The highest BCUT2D eigenvalue weighted by Crippen LogP contribution is 2.31. The number of carbonyl (C=O) groups is 1. The van der Waals surface area contributed by atoms with Gasteiger partial charge in [-0.2, -0.15) is 0 Å². The molecule has 7 nitrogen and oxygen atoms in total. The molecule has 0 bridgehead atoms. The van der Waals surface area contributed by atoms with E-state index in [2.05, 4.69) is 39.4 Å². The molecular formula is C32H38ClN3O4S. The van der Waals surface area contributed by atoms with Crippen LogP contribution in [-0.2, 0) is 16.3 Å². The van der Waals surface area contributed by atoms with Gasteiger partial charge in [0.15, 0.2) is 6.73 Å². The number of hydrogen-bond donors (Lipinski definition) is 0. The Bertz CT molecular complexity index is 1540. The van der Waals surface area contributed by atoms with Gasteiger partial charge in [-0.15, -0.1) is 22.9 Å². The molecule has 4 aromatic rings. The molecule has 1 aliphatic heterocycles. The van der Waals surface area contributed by atoms with Crippen LogP contribution in [0, 0.1) is 0 Å². The van der Waals surface area contributed by atoms with Gasteiger partial charge in [-0.05, 0) is 79.9 Å². The fraction of sp³-hybridized carbons (Fsp3) is 0.438. The van der Waals surface area contributed by atoms with Gasteiger partial charge in [0.05, 0.1) is 12.1 Å². The summed E-state index contributed by atoms with van der Waals surface area (Å²) in [6.45, 7) is 9.28. The quantitative estimate of drug-likeness (QED) is 0.106. The molecule has 2 aromatic carbocycles. The molecule has 0 aliphatic carbocycles. The maximum Gasteiger partial charge on any atom is 0.328 e. The van der Waals surface area contributed by atoms with E-state index in [9.17, 15) is 9.59 Å². The topological polar surface area (TPSA) is 64.0 Å². The number of hydrogen-bond acceptors (Lipinski definition) is 7. The van der Waals surface area contributed by atoms with E-state index >= 15 is 0 Å². The van der Waals surface area contributed by atoms with Crippen molar-refractivity contribution < 1.29 is 14.3 Å². The second kappa shape index (κ2) is 13.3. The molecule has 0 spiro atoms. The minimum atomic E-state index is -1.11. The van der Waals surface area contributed by atoms with Crippen LogP contribution in [0.2, 0.25) is 0 Å². The molecule has 1 aliphatic rings. The molecule has 1 saturated heterocycles. The van der Waals surface area contributed by atoms with Gasteiger partial charge in [0.1, 0.15) is 10.6 Å². The lowest BCUT2D eigenvalue weighted by molar-refractivity contribution is -0.150. The Morgan fingerprint density at radius 1 is 1.05 bits per heavy atom. The first kappa shape index (κ1) is 29.4. The average Bonchev–Trinajstić information content (AvgIpc) is 3.46. The monoisotopic (exact) mass is 595 g/mol. The fourth-order valence-corrected chi connectivity index (χ4v) is 6.48. The number of benzene rings is 2. The molecule has 9 heteroatoms. The number of pyridine rings is 1. The number of alkyl halides is 1. The van der Waals surface area contributed by atoms with Crippen LogP contribution < -0.4 is 15.2 Å². The number of anilines is 1. The Morgan fingerprint density at radius 3 is 2.66 bits per heavy atom. The van der Waals surface area contributed by atoms with Gasteiger partial charge in [-0.3, -0.25) is 19.1 Å². The highest BCUT2D eigenvalue weighted by molar-refractivity contribution is 7.17. The second-order valence-corrected chi connectivity index (χ2v) is 12.6. The second-order valence-electron chi connectivity index (χ2n) is 10.8. The standard InChI is InChI=1S/C32H38ClN3O4S/c1-3-14-32(2,33)31(38)40-23-36-28-22-25(11-9-24(28)10-12-30(36)37)39-20-5-4-15-34-16-18-35(19-17-34)27-7-6-8-29-26(27)13-21-41-29/h6-13,21-22H,3-5,14-20,23H2,1-2H3. The summed E-state index contributed by atoms with van der Waals surface area (Å²) < 4.78 is 14.3. The summed E-state index contributed by atoms with van der Waals surface area (Å²) in [7, 11) is 0. The molecule has 1 atom stereocenters. The van der Waals surface area contributed by atoms with Crippen LogP contribution >= 0.6 is 22.9 Å². The van der Waals surface area contributed by atoms with Crippen molar-refractivity contribution in [2.45, 2.75) is 51.1 Å². The Labute approximate surface area is 250 Å². The van der Waals surface area contributed by atoms with Crippen LogP contribution in [0.25, 0.3) is 21.0 Å². The minimum absolute atomic E-state index is 0.194. The first-order valence-electron chi connectivity index (χ1n) is 14.4. The van der Waals surface area contributed by atoms with E-state index in [1.165, 1.54) is 26.4 Å². The number of nitrogens with zero attached hydrogens (tertiary/aromatic N) is 3. The predicted molar refractivity (Wildman–Crippen MR) is 169 cm³/mol. The smallest absolute Gasteiger partial charge is 0.328 e. The van der Waals surface area contributed by atoms with Crippen molar-refractivity contribution in [3.05, 3.63) is 70.3 Å². The SMILES string of the molecule is CCCC(C)(Cl)C(=O)OCn1c(=O)ccc2ccc(OCCCCN3CCN(c4cccc5sccc45)CC3)cc21. The van der Waals surface area contributed by atoms with E-state index in [0.717, 1.165) is 57.4 Å². The van der Waals surface area contributed by atoms with Crippen LogP contribution in [0.3, 0.4) is 0 Å². The number of halogens is 1. The van der Waals surface area contributed by atoms with E-state index < -0.39 is 10.8 Å². The summed E-state index contributed by atoms with van der Waals surface area (Å²) in [4.78, 5) is 29.0. The lowest BCUT2D eigenvalue weighted by Gasteiger charge is -2.36. The third-order valence-corrected chi connectivity index (χ3v) is 8.98. The van der Waals surface area contributed by atoms with Gasteiger partial charge in [0, 0.05) is 54.1 Å². The molecule has 0 amide bonds. The maximum absolute atomic E-state index is 12.6. The van der Waals surface area contributed by atoms with E-state index in [-0.39, 0.29) is 12.3 Å². The number of rotatable bonds is 12. The highest BCUT2D eigenvalue weighted by Gasteiger charge is 2.31. The molecule has 1 unspecified atom stereocenters. The largest absolute Gasteiger partial charge is 0.494 e. The Hall–Kier alpha value is -3.07. The van der Waals surface area contributed by atoms with Crippen molar-refractivity contribution in [3.8, 4) is 5.75 Å². The number of fused-ring (bicyclic) bond motifs is 2. The summed E-state index contributed by atoms with van der Waals surface area (Å²) in [6, 6.07) is 17.7.